The summed E-state index contributed by atoms with van der Waals surface area (Å²) in [5.41, 5.74) is 0. The van der Waals surface area contributed by atoms with Crippen LogP contribution in [-0.4, -0.2) is 25.2 Å². The van der Waals surface area contributed by atoms with Gasteiger partial charge in [0.05, 0.1) is 13.2 Å². The lowest BCUT2D eigenvalue weighted by Gasteiger charge is -2.14. The van der Waals surface area contributed by atoms with E-state index in [2.05, 4.69) is 31.2 Å². The number of unbranched alkanes of at least 4 members (excludes halogenated alkanes) is 13. The molecule has 192 valence electrons. The van der Waals surface area contributed by atoms with E-state index in [1.165, 1.54) is 77.0 Å². The highest BCUT2D eigenvalue weighted by Crippen LogP contribution is 2.17. The predicted molar refractivity (Wildman–Crippen MR) is 139 cm³/mol. The molecule has 4 heteroatoms. The Morgan fingerprint density at radius 1 is 0.576 bits per heavy atom. The van der Waals surface area contributed by atoms with Gasteiger partial charge in [0.15, 0.2) is 5.92 Å². The maximum absolute atomic E-state index is 12.0. The van der Waals surface area contributed by atoms with Gasteiger partial charge in [-0.05, 0) is 52.4 Å². The number of esters is 2. The van der Waals surface area contributed by atoms with E-state index >= 15 is 0 Å². The molecule has 0 unspecified atom stereocenters. The fourth-order valence-corrected chi connectivity index (χ4v) is 3.86. The highest BCUT2D eigenvalue weighted by atomic mass is 16.6. The largest absolute Gasteiger partial charge is 0.465 e. The topological polar surface area (TPSA) is 52.6 Å². The van der Waals surface area contributed by atoms with Gasteiger partial charge in [0.2, 0.25) is 0 Å². The van der Waals surface area contributed by atoms with E-state index in [0.29, 0.717) is 19.6 Å². The highest BCUT2D eigenvalue weighted by Gasteiger charge is 2.28. The second-order valence-electron chi connectivity index (χ2n) is 8.84. The fourth-order valence-electron chi connectivity index (χ4n) is 3.86. The van der Waals surface area contributed by atoms with E-state index in [-0.39, 0.29) is 0 Å². The van der Waals surface area contributed by atoms with Crippen molar-refractivity contribution >= 4 is 11.9 Å². The zero-order valence-electron chi connectivity index (χ0n) is 22.0. The van der Waals surface area contributed by atoms with Crippen LogP contribution in [0.15, 0.2) is 24.3 Å². The maximum Gasteiger partial charge on any atom is 0.320 e. The molecule has 0 fully saturated rings. The zero-order chi connectivity index (χ0) is 24.4. The number of hydrogen-bond donors (Lipinski definition) is 0. The Balaban J connectivity index is 3.53. The minimum atomic E-state index is -0.758. The number of allylic oxidation sites excluding steroid dienone is 4. The minimum Gasteiger partial charge on any atom is -0.465 e. The Morgan fingerprint density at radius 2 is 1.00 bits per heavy atom. The van der Waals surface area contributed by atoms with Crippen LogP contribution in [0.25, 0.3) is 0 Å². The Kier molecular flexibility index (Phi) is 23.9. The minimum absolute atomic E-state index is 0.294. The molecule has 0 bridgehead atoms. The Hall–Kier alpha value is -1.58. The van der Waals surface area contributed by atoms with Crippen molar-refractivity contribution in [3.8, 4) is 0 Å². The summed E-state index contributed by atoms with van der Waals surface area (Å²) in [5.74, 6) is -1.64. The smallest absolute Gasteiger partial charge is 0.320 e. The molecule has 0 aliphatic carbocycles. The summed E-state index contributed by atoms with van der Waals surface area (Å²) < 4.78 is 10.0. The van der Waals surface area contributed by atoms with Gasteiger partial charge in [0.1, 0.15) is 0 Å². The molecule has 0 saturated heterocycles. The van der Waals surface area contributed by atoms with Crippen LogP contribution in [0.4, 0.5) is 0 Å². The first-order valence-corrected chi connectivity index (χ1v) is 13.8. The van der Waals surface area contributed by atoms with Gasteiger partial charge in [-0.15, -0.1) is 0 Å². The van der Waals surface area contributed by atoms with E-state index in [1.54, 1.807) is 13.8 Å². The third-order valence-corrected chi connectivity index (χ3v) is 5.84. The summed E-state index contributed by atoms with van der Waals surface area (Å²) in [6.45, 7) is 6.35. The molecular formula is C29H52O4. The SMILES string of the molecule is CCCCCC=CCC=CCCCCCCCCCCCCC(C(=O)OCC)C(=O)OCC. The Labute approximate surface area is 204 Å². The van der Waals surface area contributed by atoms with Crippen molar-refractivity contribution in [2.75, 3.05) is 13.2 Å². The first-order chi connectivity index (χ1) is 16.2. The predicted octanol–water partition coefficient (Wildman–Crippen LogP) is 8.49. The van der Waals surface area contributed by atoms with Crippen LogP contribution in [0, 0.1) is 5.92 Å². The second-order valence-corrected chi connectivity index (χ2v) is 8.84. The molecule has 0 atom stereocenters. The number of hydrogen-bond acceptors (Lipinski definition) is 4. The third-order valence-electron chi connectivity index (χ3n) is 5.84. The second kappa shape index (κ2) is 25.1. The van der Waals surface area contributed by atoms with Crippen LogP contribution in [0.2, 0.25) is 0 Å². The van der Waals surface area contributed by atoms with Gasteiger partial charge in [-0.1, -0.05) is 102 Å². The monoisotopic (exact) mass is 464 g/mol. The zero-order valence-corrected chi connectivity index (χ0v) is 22.0. The van der Waals surface area contributed by atoms with E-state index in [9.17, 15) is 9.59 Å². The molecule has 0 aliphatic rings. The lowest BCUT2D eigenvalue weighted by atomic mass is 10.00. The molecule has 0 heterocycles. The average Bonchev–Trinajstić information content (AvgIpc) is 2.80. The van der Waals surface area contributed by atoms with Gasteiger partial charge in [-0.2, -0.15) is 0 Å². The van der Waals surface area contributed by atoms with E-state index in [1.807, 2.05) is 0 Å². The number of ether oxygens (including phenoxy) is 2. The Bertz CT molecular complexity index is 492. The van der Waals surface area contributed by atoms with E-state index in [4.69, 9.17) is 9.47 Å². The van der Waals surface area contributed by atoms with Crippen LogP contribution in [0.1, 0.15) is 130 Å². The molecule has 0 spiro atoms. The highest BCUT2D eigenvalue weighted by molar-refractivity contribution is 5.94. The van der Waals surface area contributed by atoms with Crippen molar-refractivity contribution in [3.05, 3.63) is 24.3 Å². The summed E-state index contributed by atoms with van der Waals surface area (Å²) in [7, 11) is 0. The van der Waals surface area contributed by atoms with Crippen LogP contribution in [-0.2, 0) is 19.1 Å². The molecule has 0 saturated carbocycles. The average molecular weight is 465 g/mol. The summed E-state index contributed by atoms with van der Waals surface area (Å²) in [6.07, 6.45) is 29.5. The van der Waals surface area contributed by atoms with Crippen molar-refractivity contribution in [1.29, 1.82) is 0 Å². The molecular weight excluding hydrogens is 412 g/mol. The first kappa shape index (κ1) is 31.4. The molecule has 33 heavy (non-hydrogen) atoms. The normalized spacial score (nSPS) is 11.6. The quantitative estimate of drug-likeness (QED) is 0.0658. The van der Waals surface area contributed by atoms with Gasteiger partial charge >= 0.3 is 11.9 Å². The molecule has 0 aromatic rings. The third kappa shape index (κ3) is 20.7. The summed E-state index contributed by atoms with van der Waals surface area (Å²) >= 11 is 0. The van der Waals surface area contributed by atoms with Gasteiger partial charge in [0.25, 0.3) is 0 Å². The van der Waals surface area contributed by atoms with Gasteiger partial charge in [-0.3, -0.25) is 9.59 Å². The standard InChI is InChI=1S/C29H52O4/c1-4-7-8-9-10-11-12-13-14-15-16-17-18-19-20-21-22-23-24-25-26-27(28(30)32-5-2)29(31)33-6-3/h10-11,13-14,27H,4-9,12,15-26H2,1-3H3. The van der Waals surface area contributed by atoms with Crippen LogP contribution < -0.4 is 0 Å². The van der Waals surface area contributed by atoms with Gasteiger partial charge < -0.3 is 9.47 Å². The van der Waals surface area contributed by atoms with Gasteiger partial charge in [0, 0.05) is 0 Å². The lowest BCUT2D eigenvalue weighted by molar-refractivity contribution is -0.161. The molecule has 0 amide bonds. The Morgan fingerprint density at radius 3 is 1.45 bits per heavy atom. The first-order valence-electron chi connectivity index (χ1n) is 13.8. The summed E-state index contributed by atoms with van der Waals surface area (Å²) in [4.78, 5) is 23.9. The number of rotatable bonds is 23. The lowest BCUT2D eigenvalue weighted by Crippen LogP contribution is -2.28. The molecule has 4 nitrogen and oxygen atoms in total. The van der Waals surface area contributed by atoms with Crippen molar-refractivity contribution in [2.24, 2.45) is 5.92 Å². The van der Waals surface area contributed by atoms with Crippen LogP contribution in [0.3, 0.4) is 0 Å². The molecule has 0 rings (SSSR count). The van der Waals surface area contributed by atoms with Gasteiger partial charge in [-0.25, -0.2) is 0 Å². The summed E-state index contributed by atoms with van der Waals surface area (Å²) in [6, 6.07) is 0. The maximum atomic E-state index is 12.0. The molecule has 0 aliphatic heterocycles. The number of carbonyl (C=O) groups is 2. The van der Waals surface area contributed by atoms with E-state index in [0.717, 1.165) is 25.7 Å². The van der Waals surface area contributed by atoms with E-state index < -0.39 is 17.9 Å². The molecule has 0 N–H and O–H groups in total. The molecule has 0 aromatic carbocycles. The van der Waals surface area contributed by atoms with Crippen LogP contribution in [0.5, 0.6) is 0 Å². The van der Waals surface area contributed by atoms with Crippen molar-refractivity contribution in [2.45, 2.75) is 130 Å². The molecule has 0 aromatic heterocycles. The fraction of sp³-hybridized carbons (Fsp3) is 0.793. The van der Waals surface area contributed by atoms with Crippen LogP contribution >= 0.6 is 0 Å². The number of carbonyl (C=O) groups excluding carboxylic acids is 2. The van der Waals surface area contributed by atoms with Crippen molar-refractivity contribution in [1.82, 2.24) is 0 Å². The van der Waals surface area contributed by atoms with Crippen molar-refractivity contribution < 1.29 is 19.1 Å². The van der Waals surface area contributed by atoms with Crippen molar-refractivity contribution in [3.63, 3.8) is 0 Å². The summed E-state index contributed by atoms with van der Waals surface area (Å²) in [5, 5.41) is 0. The molecule has 0 radical (unpaired) electrons.